The number of amides is 1. The van der Waals surface area contributed by atoms with Crippen molar-refractivity contribution in [1.82, 2.24) is 4.90 Å². The molecule has 2 aliphatic heterocycles. The summed E-state index contributed by atoms with van der Waals surface area (Å²) < 4.78 is 4.41. The number of hydrogen-bond acceptors (Lipinski definition) is 4. The summed E-state index contributed by atoms with van der Waals surface area (Å²) in [6.07, 6.45) is 9.74. The van der Waals surface area contributed by atoms with Crippen molar-refractivity contribution in [3.63, 3.8) is 0 Å². The van der Waals surface area contributed by atoms with E-state index in [-0.39, 0.29) is 16.6 Å². The van der Waals surface area contributed by atoms with Gasteiger partial charge in [-0.25, -0.2) is 4.40 Å². The van der Waals surface area contributed by atoms with Crippen LogP contribution in [-0.4, -0.2) is 47.1 Å². The first-order chi connectivity index (χ1) is 16.8. The van der Waals surface area contributed by atoms with Crippen LogP contribution in [-0.2, 0) is 10.2 Å². The van der Waals surface area contributed by atoms with E-state index in [9.17, 15) is 4.79 Å². The second kappa shape index (κ2) is 11.2. The molecule has 0 N–H and O–H groups in total. The number of halogens is 1. The molecule has 0 bridgehead atoms. The lowest BCUT2D eigenvalue weighted by molar-refractivity contribution is -0.125. The minimum absolute atomic E-state index is 0.0394. The molecule has 0 radical (unpaired) electrons. The Labute approximate surface area is 220 Å². The van der Waals surface area contributed by atoms with Gasteiger partial charge in [-0.15, -0.1) is 0 Å². The fourth-order valence-electron chi connectivity index (χ4n) is 6.02. The second-order valence-electron chi connectivity index (χ2n) is 10.9. The Kier molecular flexibility index (Phi) is 8.48. The Hall–Kier alpha value is -1.59. The normalized spacial score (nSPS) is 30.1. The van der Waals surface area contributed by atoms with E-state index in [1.165, 1.54) is 42.5 Å². The van der Waals surface area contributed by atoms with Crippen LogP contribution in [0.4, 0.5) is 0 Å². The number of carbonyl (C=O) groups excluding carboxylic acids is 1. The van der Waals surface area contributed by atoms with Crippen LogP contribution in [0, 0.1) is 11.3 Å². The molecule has 0 aromatic heterocycles. The summed E-state index contributed by atoms with van der Waals surface area (Å²) in [7, 11) is 0. The van der Waals surface area contributed by atoms with Crippen LogP contribution in [0.3, 0.4) is 0 Å². The summed E-state index contributed by atoms with van der Waals surface area (Å²) in [5, 5.41) is 0.687. The predicted molar refractivity (Wildman–Crippen MR) is 151 cm³/mol. The van der Waals surface area contributed by atoms with E-state index >= 15 is 0 Å². The van der Waals surface area contributed by atoms with Crippen molar-refractivity contribution in [2.45, 2.75) is 83.3 Å². The summed E-state index contributed by atoms with van der Waals surface area (Å²) in [5.41, 5.74) is 3.62. The molecular weight excluding hydrogens is 474 g/mol. The molecule has 4 rings (SSSR count). The Morgan fingerprint density at radius 3 is 2.57 bits per heavy atom. The number of likely N-dealkylation sites (tertiary alicyclic amines) is 1. The van der Waals surface area contributed by atoms with E-state index in [0.29, 0.717) is 22.1 Å². The molecule has 1 aromatic carbocycles. The monoisotopic (exact) mass is 513 g/mol. The van der Waals surface area contributed by atoms with Gasteiger partial charge in [0.25, 0.3) is 5.91 Å². The fraction of sp³-hybridized carbons (Fsp3) is 0.621. The van der Waals surface area contributed by atoms with E-state index in [0.717, 1.165) is 45.3 Å². The van der Waals surface area contributed by atoms with Gasteiger partial charge in [-0.05, 0) is 80.4 Å². The van der Waals surface area contributed by atoms with Gasteiger partial charge in [-0.1, -0.05) is 69.1 Å². The molecule has 35 heavy (non-hydrogen) atoms. The summed E-state index contributed by atoms with van der Waals surface area (Å²) in [6.45, 7) is 11.5. The molecular formula is C29H40ClN3OS. The third-order valence-electron chi connectivity index (χ3n) is 8.95. The Morgan fingerprint density at radius 2 is 1.91 bits per heavy atom. The van der Waals surface area contributed by atoms with Crippen LogP contribution >= 0.6 is 23.5 Å². The molecule has 0 spiro atoms. The molecule has 3 aliphatic rings. The minimum Gasteiger partial charge on any atom is -0.337 e. The molecule has 4 nitrogen and oxygen atoms in total. The lowest BCUT2D eigenvalue weighted by Crippen LogP contribution is -2.48. The van der Waals surface area contributed by atoms with Gasteiger partial charge in [-0.3, -0.25) is 9.79 Å². The van der Waals surface area contributed by atoms with Crippen molar-refractivity contribution >= 4 is 40.9 Å². The van der Waals surface area contributed by atoms with Crippen molar-refractivity contribution in [2.75, 3.05) is 19.6 Å². The first kappa shape index (κ1) is 26.5. The number of benzene rings is 1. The Bertz CT molecular complexity index is 996. The van der Waals surface area contributed by atoms with E-state index in [1.54, 1.807) is 0 Å². The highest BCUT2D eigenvalue weighted by Gasteiger charge is 2.39. The van der Waals surface area contributed by atoms with Gasteiger partial charge in [0.05, 0.1) is 5.03 Å². The molecule has 1 aliphatic carbocycles. The molecule has 1 amide bonds. The largest absolute Gasteiger partial charge is 0.337 e. The number of nitrogens with zero attached hydrogens (tertiary/aromatic N) is 3. The van der Waals surface area contributed by atoms with Crippen LogP contribution in [0.25, 0.3) is 0 Å². The van der Waals surface area contributed by atoms with Crippen LogP contribution in [0.5, 0.6) is 0 Å². The molecule has 2 heterocycles. The quantitative estimate of drug-likeness (QED) is 0.376. The first-order valence-corrected chi connectivity index (χ1v) is 14.5. The minimum atomic E-state index is -0.0394. The Balaban J connectivity index is 1.46. The molecule has 2 fully saturated rings. The zero-order valence-electron chi connectivity index (χ0n) is 21.7. The number of piperidine rings is 1. The van der Waals surface area contributed by atoms with Gasteiger partial charge in [0.1, 0.15) is 0 Å². The van der Waals surface area contributed by atoms with E-state index in [1.807, 2.05) is 17.9 Å². The molecule has 1 aromatic rings. The maximum Gasteiger partial charge on any atom is 0.274 e. The van der Waals surface area contributed by atoms with E-state index in [2.05, 4.69) is 55.5 Å². The summed E-state index contributed by atoms with van der Waals surface area (Å²) in [5.74, 6) is 0.519. The zero-order chi connectivity index (χ0) is 25.1. The second-order valence-corrected chi connectivity index (χ2v) is 12.5. The average molecular weight is 514 g/mol. The highest BCUT2D eigenvalue weighted by atomic mass is 35.5. The fourth-order valence-corrected chi connectivity index (χ4v) is 7.10. The summed E-state index contributed by atoms with van der Waals surface area (Å²) in [4.78, 5) is 20.3. The topological polar surface area (TPSA) is 45.0 Å². The highest BCUT2D eigenvalue weighted by molar-refractivity contribution is 7.99. The maximum atomic E-state index is 13.2. The predicted octanol–water partition coefficient (Wildman–Crippen LogP) is 7.23. The Morgan fingerprint density at radius 1 is 1.20 bits per heavy atom. The van der Waals surface area contributed by atoms with Crippen molar-refractivity contribution in [1.29, 1.82) is 0 Å². The average Bonchev–Trinajstić information content (AvgIpc) is 2.87. The van der Waals surface area contributed by atoms with Gasteiger partial charge in [0.2, 0.25) is 0 Å². The van der Waals surface area contributed by atoms with Crippen LogP contribution < -0.4 is 0 Å². The maximum absolute atomic E-state index is 13.2. The standard InChI is InChI=1S/C29H40ClN3OS/c1-5-28(4)13-9-12-25(22(28)3)31-17-14-29(23-10-7-6-8-11-23)15-18-33(19-16-29)27(34)26-24(30)20-21(2)35-32-26/h6-8,10-11,20-22H,5,9,12-19H2,1-4H3. The third kappa shape index (κ3) is 5.72. The molecule has 6 heteroatoms. The van der Waals surface area contributed by atoms with Crippen LogP contribution in [0.1, 0.15) is 78.2 Å². The van der Waals surface area contributed by atoms with Crippen LogP contribution in [0.15, 0.2) is 50.8 Å². The molecule has 3 atom stereocenters. The lowest BCUT2D eigenvalue weighted by Gasteiger charge is -2.43. The van der Waals surface area contributed by atoms with Gasteiger partial charge in [-0.2, -0.15) is 0 Å². The summed E-state index contributed by atoms with van der Waals surface area (Å²) >= 11 is 7.79. The molecule has 190 valence electrons. The number of rotatable bonds is 6. The zero-order valence-corrected chi connectivity index (χ0v) is 23.3. The van der Waals surface area contributed by atoms with Crippen molar-refractivity contribution in [3.05, 3.63) is 47.0 Å². The van der Waals surface area contributed by atoms with E-state index < -0.39 is 0 Å². The van der Waals surface area contributed by atoms with Crippen molar-refractivity contribution < 1.29 is 4.79 Å². The van der Waals surface area contributed by atoms with Crippen molar-refractivity contribution in [3.8, 4) is 0 Å². The van der Waals surface area contributed by atoms with Crippen LogP contribution in [0.2, 0.25) is 0 Å². The third-order valence-corrected chi connectivity index (χ3v) is 10.0. The van der Waals surface area contributed by atoms with Crippen molar-refractivity contribution in [2.24, 2.45) is 20.7 Å². The van der Waals surface area contributed by atoms with Gasteiger partial charge in [0.15, 0.2) is 5.71 Å². The lowest BCUT2D eigenvalue weighted by atomic mass is 9.66. The van der Waals surface area contributed by atoms with Gasteiger partial charge >= 0.3 is 0 Å². The molecule has 1 saturated carbocycles. The number of hydrogen-bond donors (Lipinski definition) is 0. The number of aliphatic imine (C=N–C) groups is 1. The smallest absolute Gasteiger partial charge is 0.274 e. The van der Waals surface area contributed by atoms with Gasteiger partial charge < -0.3 is 4.90 Å². The van der Waals surface area contributed by atoms with E-state index in [4.69, 9.17) is 16.6 Å². The first-order valence-electron chi connectivity index (χ1n) is 13.3. The number of carbonyl (C=O) groups is 1. The molecule has 3 unspecified atom stereocenters. The van der Waals surface area contributed by atoms with Gasteiger partial charge in [0, 0.05) is 36.0 Å². The summed E-state index contributed by atoms with van der Waals surface area (Å²) in [6, 6.07) is 10.9. The highest BCUT2D eigenvalue weighted by Crippen LogP contribution is 2.43. The molecule has 1 saturated heterocycles. The SMILES string of the molecule is CCC1(C)CCCC(=NCCC2(c3ccccc3)CCN(C(=O)C3=NSC(C)C=C3Cl)CC2)C1C.